The van der Waals surface area contributed by atoms with E-state index in [1.54, 1.807) is 0 Å². The molecule has 0 unspecified atom stereocenters. The van der Waals surface area contributed by atoms with E-state index in [0.29, 0.717) is 18.9 Å². The van der Waals surface area contributed by atoms with Crippen molar-refractivity contribution in [3.63, 3.8) is 0 Å². The molecular formula is C22H27N3O3S. The third-order valence-electron chi connectivity index (χ3n) is 6.62. The predicted molar refractivity (Wildman–Crippen MR) is 114 cm³/mol. The summed E-state index contributed by atoms with van der Waals surface area (Å²) < 4.78 is 7.79. The van der Waals surface area contributed by atoms with Crippen molar-refractivity contribution in [2.45, 2.75) is 51.1 Å². The van der Waals surface area contributed by atoms with Crippen molar-refractivity contribution in [2.24, 2.45) is 18.9 Å². The van der Waals surface area contributed by atoms with Gasteiger partial charge in [0.15, 0.2) is 5.11 Å². The minimum Gasteiger partial charge on any atom is -0.457 e. The number of hydrogen-bond donors (Lipinski definition) is 1. The van der Waals surface area contributed by atoms with Crippen LogP contribution >= 0.6 is 12.2 Å². The summed E-state index contributed by atoms with van der Waals surface area (Å²) in [6.45, 7) is 5.78. The van der Waals surface area contributed by atoms with Gasteiger partial charge in [-0.3, -0.25) is 4.79 Å². The minimum absolute atomic E-state index is 0.0190. The average molecular weight is 414 g/mol. The largest absolute Gasteiger partial charge is 0.457 e. The number of para-hydroxylation sites is 1. The van der Waals surface area contributed by atoms with Crippen LogP contribution < -0.4 is 0 Å². The molecule has 6 rings (SSSR count). The minimum atomic E-state index is -0.629. The van der Waals surface area contributed by atoms with Crippen molar-refractivity contribution < 1.29 is 14.6 Å². The first kappa shape index (κ1) is 18.9. The van der Waals surface area contributed by atoms with Gasteiger partial charge in [0, 0.05) is 37.2 Å². The number of aryl methyl sites for hydroxylation is 1. The number of thiocarbonyl (C=S) groups is 1. The lowest BCUT2D eigenvalue weighted by atomic mass is 9.74. The molecule has 4 fully saturated rings. The van der Waals surface area contributed by atoms with Crippen LogP contribution in [0.25, 0.3) is 10.9 Å². The van der Waals surface area contributed by atoms with E-state index in [1.807, 2.05) is 6.07 Å². The Bertz CT molecular complexity index is 987. The van der Waals surface area contributed by atoms with Crippen molar-refractivity contribution in [3.05, 3.63) is 36.0 Å². The van der Waals surface area contributed by atoms with Crippen LogP contribution in [0.5, 0.6) is 0 Å². The van der Waals surface area contributed by atoms with Crippen LogP contribution in [0, 0.1) is 11.8 Å². The maximum atomic E-state index is 12.5. The SMILES string of the molecule is CC(C)CN1C(=S)N(Cc2cn(C)c3ccccc23)[C@H]2[C@H]3OC(=O)[C@@H](C[C@H]3O)[C@@H]21. The highest BCUT2D eigenvalue weighted by molar-refractivity contribution is 7.80. The van der Waals surface area contributed by atoms with Gasteiger partial charge in [0.25, 0.3) is 0 Å². The second-order valence-corrected chi connectivity index (χ2v) is 9.40. The van der Waals surface area contributed by atoms with Gasteiger partial charge in [0.1, 0.15) is 6.10 Å². The number of esters is 1. The monoisotopic (exact) mass is 413 g/mol. The topological polar surface area (TPSA) is 57.9 Å². The summed E-state index contributed by atoms with van der Waals surface area (Å²) in [7, 11) is 2.05. The number of fused-ring (bicyclic) bond motifs is 3. The zero-order chi connectivity index (χ0) is 20.4. The standard InChI is InChI=1S/C22H27N3O3S/c1-12(2)9-24-18-15-8-17(26)20(28-21(15)27)19(18)25(22(24)29)11-13-10-23(3)16-7-5-4-6-14(13)16/h4-7,10,12,15,17-20,26H,8-9,11H2,1-3H3/t15-,17+,18-,19+,20-/m0/s1. The maximum Gasteiger partial charge on any atom is 0.311 e. The summed E-state index contributed by atoms with van der Waals surface area (Å²) in [5.74, 6) is -0.0909. The first-order chi connectivity index (χ1) is 13.9. The van der Waals surface area contributed by atoms with Crippen molar-refractivity contribution in [2.75, 3.05) is 6.54 Å². The van der Waals surface area contributed by atoms with Crippen LogP contribution in [-0.4, -0.2) is 61.4 Å². The normalized spacial score (nSPS) is 31.1. The predicted octanol–water partition coefficient (Wildman–Crippen LogP) is 2.28. The number of hydrogen-bond acceptors (Lipinski definition) is 4. The van der Waals surface area contributed by atoms with Gasteiger partial charge in [-0.1, -0.05) is 32.0 Å². The Morgan fingerprint density at radius 3 is 2.76 bits per heavy atom. The average Bonchev–Trinajstić information content (AvgIpc) is 3.14. The lowest BCUT2D eigenvalue weighted by Crippen LogP contribution is -2.66. The Hall–Kier alpha value is -2.12. The molecule has 7 heteroatoms. The van der Waals surface area contributed by atoms with Crippen LogP contribution in [0.1, 0.15) is 25.8 Å². The molecule has 1 saturated carbocycles. The molecule has 3 saturated heterocycles. The molecule has 1 aliphatic carbocycles. The first-order valence-corrected chi connectivity index (χ1v) is 10.8. The molecule has 6 nitrogen and oxygen atoms in total. The number of rotatable bonds is 4. The number of carbonyl (C=O) groups excluding carboxylic acids is 1. The van der Waals surface area contributed by atoms with Gasteiger partial charge in [-0.15, -0.1) is 0 Å². The molecule has 1 N–H and O–H groups in total. The second-order valence-electron chi connectivity index (χ2n) is 9.03. The summed E-state index contributed by atoms with van der Waals surface area (Å²) in [4.78, 5) is 16.9. The molecule has 1 aromatic heterocycles. The molecule has 29 heavy (non-hydrogen) atoms. The van der Waals surface area contributed by atoms with Crippen LogP contribution in [0.4, 0.5) is 0 Å². The van der Waals surface area contributed by atoms with E-state index in [2.05, 4.69) is 59.7 Å². The van der Waals surface area contributed by atoms with E-state index in [9.17, 15) is 9.90 Å². The van der Waals surface area contributed by atoms with Crippen LogP contribution in [-0.2, 0) is 23.1 Å². The van der Waals surface area contributed by atoms with Crippen LogP contribution in [0.3, 0.4) is 0 Å². The third kappa shape index (κ3) is 2.78. The number of ether oxygens (including phenoxy) is 1. The fraction of sp³-hybridized carbons (Fsp3) is 0.545. The second kappa shape index (κ2) is 6.71. The molecule has 5 atom stereocenters. The fourth-order valence-corrected chi connectivity index (χ4v) is 5.87. The molecule has 0 spiro atoms. The van der Waals surface area contributed by atoms with Gasteiger partial charge < -0.3 is 24.2 Å². The summed E-state index contributed by atoms with van der Waals surface area (Å²) in [6, 6.07) is 8.22. The summed E-state index contributed by atoms with van der Waals surface area (Å²) >= 11 is 5.93. The molecule has 0 amide bonds. The Balaban J connectivity index is 1.55. The number of nitrogens with zero attached hydrogens (tertiary/aromatic N) is 3. The fourth-order valence-electron chi connectivity index (χ4n) is 5.48. The molecule has 154 valence electrons. The van der Waals surface area contributed by atoms with Crippen molar-refractivity contribution in [1.29, 1.82) is 0 Å². The molecule has 1 aromatic carbocycles. The Morgan fingerprint density at radius 1 is 1.24 bits per heavy atom. The van der Waals surface area contributed by atoms with Gasteiger partial charge in [-0.2, -0.15) is 0 Å². The van der Waals surface area contributed by atoms with Crippen molar-refractivity contribution >= 4 is 34.2 Å². The molecular weight excluding hydrogens is 386 g/mol. The lowest BCUT2D eigenvalue weighted by Gasteiger charge is -2.49. The van der Waals surface area contributed by atoms with E-state index >= 15 is 0 Å². The highest BCUT2D eigenvalue weighted by Crippen LogP contribution is 2.45. The quantitative estimate of drug-likeness (QED) is 0.613. The maximum absolute atomic E-state index is 12.5. The molecule has 2 aromatic rings. The highest BCUT2D eigenvalue weighted by atomic mass is 32.1. The zero-order valence-electron chi connectivity index (χ0n) is 17.0. The molecule has 4 heterocycles. The van der Waals surface area contributed by atoms with Crippen LogP contribution in [0.2, 0.25) is 0 Å². The highest BCUT2D eigenvalue weighted by Gasteiger charge is 2.62. The zero-order valence-corrected chi connectivity index (χ0v) is 17.8. The molecule has 3 aliphatic heterocycles. The molecule has 4 aliphatic rings. The summed E-state index contributed by atoms with van der Waals surface area (Å²) in [6.07, 6.45) is 1.46. The number of aliphatic hydroxyl groups is 1. The van der Waals surface area contributed by atoms with Gasteiger partial charge >= 0.3 is 5.97 Å². The van der Waals surface area contributed by atoms with Gasteiger partial charge in [-0.05, 0) is 36.2 Å². The smallest absolute Gasteiger partial charge is 0.311 e. The van der Waals surface area contributed by atoms with E-state index in [0.717, 1.165) is 11.7 Å². The summed E-state index contributed by atoms with van der Waals surface area (Å²) in [5, 5.41) is 12.6. The summed E-state index contributed by atoms with van der Waals surface area (Å²) in [5.41, 5.74) is 2.37. The van der Waals surface area contributed by atoms with Gasteiger partial charge in [0.2, 0.25) is 0 Å². The van der Waals surface area contributed by atoms with Gasteiger partial charge in [0.05, 0.1) is 24.1 Å². The first-order valence-electron chi connectivity index (χ1n) is 10.4. The van der Waals surface area contributed by atoms with Crippen molar-refractivity contribution in [3.8, 4) is 0 Å². The third-order valence-corrected chi connectivity index (χ3v) is 7.09. The molecule has 2 bridgehead atoms. The number of aliphatic hydroxyl groups excluding tert-OH is 1. The van der Waals surface area contributed by atoms with Crippen molar-refractivity contribution in [1.82, 2.24) is 14.4 Å². The van der Waals surface area contributed by atoms with E-state index in [-0.39, 0.29) is 24.0 Å². The Kier molecular flexibility index (Phi) is 4.37. The number of aromatic nitrogens is 1. The van der Waals surface area contributed by atoms with E-state index in [1.165, 1.54) is 16.5 Å². The van der Waals surface area contributed by atoms with E-state index < -0.39 is 12.2 Å². The van der Waals surface area contributed by atoms with E-state index in [4.69, 9.17) is 17.0 Å². The molecule has 0 radical (unpaired) electrons. The van der Waals surface area contributed by atoms with Gasteiger partial charge in [-0.25, -0.2) is 0 Å². The number of benzene rings is 1. The van der Waals surface area contributed by atoms with Crippen LogP contribution in [0.15, 0.2) is 30.5 Å². The lowest BCUT2D eigenvalue weighted by molar-refractivity contribution is -0.199. The number of carbonyl (C=O) groups is 1. The Labute approximate surface area is 176 Å². The Morgan fingerprint density at radius 2 is 2.00 bits per heavy atom.